The van der Waals surface area contributed by atoms with Crippen molar-refractivity contribution < 1.29 is 9.53 Å². The Morgan fingerprint density at radius 1 is 1.14 bits per heavy atom. The summed E-state index contributed by atoms with van der Waals surface area (Å²) < 4.78 is 5.36. The molecule has 0 aliphatic carbocycles. The summed E-state index contributed by atoms with van der Waals surface area (Å²) in [5.41, 5.74) is 2.93. The first-order valence-corrected chi connectivity index (χ1v) is 6.96. The van der Waals surface area contributed by atoms with Gasteiger partial charge in [-0.25, -0.2) is 0 Å². The van der Waals surface area contributed by atoms with Crippen molar-refractivity contribution in [2.75, 3.05) is 11.9 Å². The number of carbonyl (C=O) groups is 1. The first-order chi connectivity index (χ1) is 10.2. The van der Waals surface area contributed by atoms with E-state index in [9.17, 15) is 4.79 Å². The molecular formula is C18H19NO2. The smallest absolute Gasteiger partial charge is 0.248 e. The molecular weight excluding hydrogens is 262 g/mol. The number of hydrogen-bond acceptors (Lipinski definition) is 2. The summed E-state index contributed by atoms with van der Waals surface area (Å²) in [7, 11) is 0. The van der Waals surface area contributed by atoms with Gasteiger partial charge in [-0.2, -0.15) is 0 Å². The Labute approximate surface area is 125 Å². The van der Waals surface area contributed by atoms with Crippen LogP contribution in [0.3, 0.4) is 0 Å². The lowest BCUT2D eigenvalue weighted by atomic mass is 10.1. The van der Waals surface area contributed by atoms with E-state index in [1.807, 2.05) is 68.5 Å². The third kappa shape index (κ3) is 4.49. The molecule has 0 atom stereocenters. The minimum absolute atomic E-state index is 0.151. The zero-order chi connectivity index (χ0) is 15.1. The zero-order valence-corrected chi connectivity index (χ0v) is 12.3. The molecule has 2 aromatic rings. The second kappa shape index (κ2) is 7.29. The van der Waals surface area contributed by atoms with E-state index in [0.29, 0.717) is 6.61 Å². The topological polar surface area (TPSA) is 38.3 Å². The Balaban J connectivity index is 1.97. The van der Waals surface area contributed by atoms with Crippen molar-refractivity contribution in [3.8, 4) is 5.75 Å². The number of rotatable bonds is 5. The fraction of sp³-hybridized carbons (Fsp3) is 0.167. The molecule has 1 N–H and O–H groups in total. The molecule has 3 nitrogen and oxygen atoms in total. The SMILES string of the molecule is CCOc1ccc(NC(=O)/C=C/c2ccccc2C)cc1. The summed E-state index contributed by atoms with van der Waals surface area (Å²) in [5.74, 6) is 0.647. The summed E-state index contributed by atoms with van der Waals surface area (Å²) in [6.45, 7) is 4.58. The van der Waals surface area contributed by atoms with E-state index >= 15 is 0 Å². The third-order valence-corrected chi connectivity index (χ3v) is 3.04. The largest absolute Gasteiger partial charge is 0.494 e. The molecule has 108 valence electrons. The number of benzene rings is 2. The second-order valence-electron chi connectivity index (χ2n) is 4.64. The van der Waals surface area contributed by atoms with Crippen LogP contribution < -0.4 is 10.1 Å². The lowest BCUT2D eigenvalue weighted by Crippen LogP contribution is -2.07. The highest BCUT2D eigenvalue weighted by Gasteiger charge is 1.99. The van der Waals surface area contributed by atoms with E-state index in [1.54, 1.807) is 6.08 Å². The van der Waals surface area contributed by atoms with Crippen LogP contribution in [0.2, 0.25) is 0 Å². The third-order valence-electron chi connectivity index (χ3n) is 3.04. The molecule has 21 heavy (non-hydrogen) atoms. The van der Waals surface area contributed by atoms with E-state index in [1.165, 1.54) is 0 Å². The van der Waals surface area contributed by atoms with Gasteiger partial charge in [0, 0.05) is 11.8 Å². The zero-order valence-electron chi connectivity index (χ0n) is 12.3. The molecule has 0 unspecified atom stereocenters. The van der Waals surface area contributed by atoms with E-state index in [4.69, 9.17) is 4.74 Å². The predicted molar refractivity (Wildman–Crippen MR) is 86.5 cm³/mol. The highest BCUT2D eigenvalue weighted by molar-refractivity contribution is 6.02. The number of nitrogens with one attached hydrogen (secondary N) is 1. The Morgan fingerprint density at radius 3 is 2.52 bits per heavy atom. The van der Waals surface area contributed by atoms with Crippen LogP contribution in [0.25, 0.3) is 6.08 Å². The molecule has 0 radical (unpaired) electrons. The average Bonchev–Trinajstić information content (AvgIpc) is 2.49. The van der Waals surface area contributed by atoms with Gasteiger partial charge in [-0.15, -0.1) is 0 Å². The van der Waals surface area contributed by atoms with Crippen LogP contribution in [0.4, 0.5) is 5.69 Å². The fourth-order valence-electron chi connectivity index (χ4n) is 1.92. The van der Waals surface area contributed by atoms with E-state index in [2.05, 4.69) is 5.32 Å². The van der Waals surface area contributed by atoms with Crippen molar-refractivity contribution in [2.24, 2.45) is 0 Å². The molecule has 0 fully saturated rings. The maximum atomic E-state index is 11.9. The summed E-state index contributed by atoms with van der Waals surface area (Å²) in [6.07, 6.45) is 3.36. The summed E-state index contributed by atoms with van der Waals surface area (Å²) in [6, 6.07) is 15.3. The van der Waals surface area contributed by atoms with Gasteiger partial charge < -0.3 is 10.1 Å². The standard InChI is InChI=1S/C18H19NO2/c1-3-21-17-11-9-16(10-12-17)19-18(20)13-8-15-7-5-4-6-14(15)2/h4-13H,3H2,1-2H3,(H,19,20)/b13-8+. The highest BCUT2D eigenvalue weighted by Crippen LogP contribution is 2.16. The maximum absolute atomic E-state index is 11.9. The van der Waals surface area contributed by atoms with Crippen LogP contribution in [0, 0.1) is 6.92 Å². The van der Waals surface area contributed by atoms with Gasteiger partial charge in [-0.3, -0.25) is 4.79 Å². The first-order valence-electron chi connectivity index (χ1n) is 6.96. The van der Waals surface area contributed by atoms with Crippen molar-refractivity contribution in [1.29, 1.82) is 0 Å². The minimum Gasteiger partial charge on any atom is -0.494 e. The molecule has 2 aromatic carbocycles. The van der Waals surface area contributed by atoms with Gasteiger partial charge in [0.15, 0.2) is 0 Å². The van der Waals surface area contributed by atoms with Gasteiger partial charge in [-0.1, -0.05) is 24.3 Å². The van der Waals surface area contributed by atoms with Gasteiger partial charge in [0.1, 0.15) is 5.75 Å². The molecule has 1 amide bonds. The summed E-state index contributed by atoms with van der Waals surface area (Å²) >= 11 is 0. The molecule has 0 aliphatic heterocycles. The van der Waals surface area contributed by atoms with Crippen molar-refractivity contribution in [1.82, 2.24) is 0 Å². The molecule has 0 aromatic heterocycles. The molecule has 2 rings (SSSR count). The van der Waals surface area contributed by atoms with Crippen LogP contribution in [-0.4, -0.2) is 12.5 Å². The van der Waals surface area contributed by atoms with Crippen LogP contribution in [0.1, 0.15) is 18.1 Å². The van der Waals surface area contributed by atoms with E-state index < -0.39 is 0 Å². The Morgan fingerprint density at radius 2 is 1.86 bits per heavy atom. The van der Waals surface area contributed by atoms with E-state index in [-0.39, 0.29) is 5.91 Å². The quantitative estimate of drug-likeness (QED) is 0.840. The van der Waals surface area contributed by atoms with Crippen molar-refractivity contribution in [2.45, 2.75) is 13.8 Å². The highest BCUT2D eigenvalue weighted by atomic mass is 16.5. The molecule has 0 bridgehead atoms. The first kappa shape index (κ1) is 14.9. The molecule has 0 saturated carbocycles. The Kier molecular flexibility index (Phi) is 5.16. The summed E-state index contributed by atoms with van der Waals surface area (Å²) in [4.78, 5) is 11.9. The number of ether oxygens (including phenoxy) is 1. The number of anilines is 1. The number of carbonyl (C=O) groups excluding carboxylic acids is 1. The number of hydrogen-bond donors (Lipinski definition) is 1. The Hall–Kier alpha value is -2.55. The van der Waals surface area contributed by atoms with Gasteiger partial charge in [-0.05, 0) is 55.3 Å². The predicted octanol–water partition coefficient (Wildman–Crippen LogP) is 4.05. The normalized spacial score (nSPS) is 10.6. The lowest BCUT2D eigenvalue weighted by molar-refractivity contribution is -0.111. The van der Waals surface area contributed by atoms with Crippen molar-refractivity contribution in [3.63, 3.8) is 0 Å². The van der Waals surface area contributed by atoms with Crippen LogP contribution in [-0.2, 0) is 4.79 Å². The molecule has 0 heterocycles. The Bertz CT molecular complexity index is 630. The monoisotopic (exact) mass is 281 g/mol. The second-order valence-corrected chi connectivity index (χ2v) is 4.64. The van der Waals surface area contributed by atoms with Gasteiger partial charge >= 0.3 is 0 Å². The van der Waals surface area contributed by atoms with Gasteiger partial charge in [0.25, 0.3) is 0 Å². The van der Waals surface area contributed by atoms with Crippen LogP contribution >= 0.6 is 0 Å². The molecule has 0 saturated heterocycles. The maximum Gasteiger partial charge on any atom is 0.248 e. The van der Waals surface area contributed by atoms with E-state index in [0.717, 1.165) is 22.6 Å². The molecule has 0 spiro atoms. The fourth-order valence-corrected chi connectivity index (χ4v) is 1.92. The van der Waals surface area contributed by atoms with Crippen LogP contribution in [0.15, 0.2) is 54.6 Å². The number of amides is 1. The minimum atomic E-state index is -0.151. The number of aryl methyl sites for hydroxylation is 1. The van der Waals surface area contributed by atoms with Gasteiger partial charge in [0.05, 0.1) is 6.61 Å². The van der Waals surface area contributed by atoms with Crippen molar-refractivity contribution in [3.05, 3.63) is 65.7 Å². The molecule has 0 aliphatic rings. The van der Waals surface area contributed by atoms with Gasteiger partial charge in [0.2, 0.25) is 5.91 Å². The van der Waals surface area contributed by atoms with Crippen molar-refractivity contribution >= 4 is 17.7 Å². The lowest BCUT2D eigenvalue weighted by Gasteiger charge is -2.05. The van der Waals surface area contributed by atoms with Crippen LogP contribution in [0.5, 0.6) is 5.75 Å². The summed E-state index contributed by atoms with van der Waals surface area (Å²) in [5, 5.41) is 2.82. The average molecular weight is 281 g/mol. The molecule has 3 heteroatoms.